The molecule has 0 aliphatic rings. The zero-order valence-corrected chi connectivity index (χ0v) is 19.4. The number of ether oxygens (including phenoxy) is 1. The number of halogens is 1. The number of aliphatic hydroxyl groups excluding tert-OH is 1. The smallest absolute Gasteiger partial charge is 0.191 e. The molecule has 27 heavy (non-hydrogen) atoms. The van der Waals surface area contributed by atoms with Gasteiger partial charge in [-0.1, -0.05) is 12.1 Å². The van der Waals surface area contributed by atoms with Gasteiger partial charge in [-0.15, -0.1) is 35.3 Å². The maximum absolute atomic E-state index is 10.3. The predicted molar refractivity (Wildman–Crippen MR) is 123 cm³/mol. The Morgan fingerprint density at radius 3 is 2.52 bits per heavy atom. The molecule has 0 fully saturated rings. The average Bonchev–Trinajstić information content (AvgIpc) is 2.97. The minimum absolute atomic E-state index is 0. The Balaban J connectivity index is 0.00000364. The van der Waals surface area contributed by atoms with Crippen molar-refractivity contribution in [1.82, 2.24) is 15.6 Å². The van der Waals surface area contributed by atoms with E-state index < -0.39 is 6.10 Å². The maximum Gasteiger partial charge on any atom is 0.191 e. The molecule has 0 aliphatic carbocycles. The van der Waals surface area contributed by atoms with E-state index in [4.69, 9.17) is 4.74 Å². The first kappa shape index (κ1) is 23.6. The Morgan fingerprint density at radius 2 is 1.96 bits per heavy atom. The molecule has 0 amide bonds. The van der Waals surface area contributed by atoms with E-state index in [0.29, 0.717) is 5.96 Å². The summed E-state index contributed by atoms with van der Waals surface area (Å²) in [5.41, 5.74) is 1.92. The number of methoxy groups -OCH3 is 1. The van der Waals surface area contributed by atoms with Gasteiger partial charge in [0.2, 0.25) is 0 Å². The number of aromatic nitrogens is 1. The molecule has 1 atom stereocenters. The van der Waals surface area contributed by atoms with Crippen molar-refractivity contribution in [2.24, 2.45) is 4.99 Å². The first-order valence-corrected chi connectivity index (χ1v) is 9.62. The quantitative estimate of drug-likeness (QED) is 0.293. The van der Waals surface area contributed by atoms with Crippen LogP contribution in [0.2, 0.25) is 0 Å². The normalized spacial score (nSPS) is 12.3. The fourth-order valence-corrected chi connectivity index (χ4v) is 3.32. The molecule has 3 N–H and O–H groups in total. The van der Waals surface area contributed by atoms with Gasteiger partial charge in [0.15, 0.2) is 5.96 Å². The number of nitrogens with zero attached hydrogens (tertiary/aromatic N) is 2. The van der Waals surface area contributed by atoms with Crippen LogP contribution in [0.1, 0.15) is 34.2 Å². The Morgan fingerprint density at radius 1 is 1.26 bits per heavy atom. The monoisotopic (exact) mass is 504 g/mol. The Hall–Kier alpha value is -1.39. The highest BCUT2D eigenvalue weighted by Crippen LogP contribution is 2.18. The molecule has 1 aromatic carbocycles. The third-order valence-electron chi connectivity index (χ3n) is 3.97. The SMILES string of the molecule is CCNC(=NCC(O)c1ccc(OC)cc1)NCCc1nc(C)c(C)s1.I. The van der Waals surface area contributed by atoms with Gasteiger partial charge in [-0.2, -0.15) is 0 Å². The van der Waals surface area contributed by atoms with Crippen molar-refractivity contribution in [3.05, 3.63) is 45.4 Å². The first-order valence-electron chi connectivity index (χ1n) is 8.80. The molecular formula is C19H29IN4O2S. The van der Waals surface area contributed by atoms with Crippen molar-refractivity contribution >= 4 is 41.3 Å². The lowest BCUT2D eigenvalue weighted by Crippen LogP contribution is -2.38. The molecule has 0 spiro atoms. The van der Waals surface area contributed by atoms with E-state index in [-0.39, 0.29) is 30.5 Å². The Kier molecular flexibility index (Phi) is 10.6. The van der Waals surface area contributed by atoms with Crippen molar-refractivity contribution in [3.8, 4) is 5.75 Å². The van der Waals surface area contributed by atoms with Crippen LogP contribution in [0, 0.1) is 13.8 Å². The minimum Gasteiger partial charge on any atom is -0.497 e. The number of nitrogens with one attached hydrogen (secondary N) is 2. The largest absolute Gasteiger partial charge is 0.497 e. The van der Waals surface area contributed by atoms with Crippen molar-refractivity contribution in [1.29, 1.82) is 0 Å². The molecule has 1 heterocycles. The zero-order valence-electron chi connectivity index (χ0n) is 16.3. The van der Waals surface area contributed by atoms with Crippen molar-refractivity contribution in [2.45, 2.75) is 33.3 Å². The molecule has 8 heteroatoms. The van der Waals surface area contributed by atoms with E-state index in [9.17, 15) is 5.11 Å². The summed E-state index contributed by atoms with van der Waals surface area (Å²) < 4.78 is 5.14. The van der Waals surface area contributed by atoms with Crippen LogP contribution in [0.5, 0.6) is 5.75 Å². The van der Waals surface area contributed by atoms with Crippen LogP contribution in [-0.2, 0) is 6.42 Å². The number of benzene rings is 1. The van der Waals surface area contributed by atoms with Gasteiger partial charge >= 0.3 is 0 Å². The summed E-state index contributed by atoms with van der Waals surface area (Å²) in [7, 11) is 1.62. The van der Waals surface area contributed by atoms with E-state index in [2.05, 4.69) is 27.5 Å². The van der Waals surface area contributed by atoms with Crippen LogP contribution >= 0.6 is 35.3 Å². The highest BCUT2D eigenvalue weighted by Gasteiger charge is 2.08. The molecule has 2 aromatic rings. The number of rotatable bonds is 8. The van der Waals surface area contributed by atoms with Crippen molar-refractivity contribution < 1.29 is 9.84 Å². The van der Waals surface area contributed by atoms with Crippen LogP contribution in [0.4, 0.5) is 0 Å². The fraction of sp³-hybridized carbons (Fsp3) is 0.474. The Labute approximate surface area is 182 Å². The Bertz CT molecular complexity index is 699. The fourth-order valence-electron chi connectivity index (χ4n) is 2.38. The number of hydrogen-bond donors (Lipinski definition) is 3. The molecule has 150 valence electrons. The van der Waals surface area contributed by atoms with Gasteiger partial charge < -0.3 is 20.5 Å². The summed E-state index contributed by atoms with van der Waals surface area (Å²) in [5, 5.41) is 18.0. The summed E-state index contributed by atoms with van der Waals surface area (Å²) in [6.07, 6.45) is 0.200. The highest BCUT2D eigenvalue weighted by atomic mass is 127. The summed E-state index contributed by atoms with van der Waals surface area (Å²) in [5.74, 6) is 1.47. The lowest BCUT2D eigenvalue weighted by Gasteiger charge is -2.13. The lowest BCUT2D eigenvalue weighted by molar-refractivity contribution is 0.187. The van der Waals surface area contributed by atoms with Crippen LogP contribution < -0.4 is 15.4 Å². The molecule has 2 rings (SSSR count). The highest BCUT2D eigenvalue weighted by molar-refractivity contribution is 14.0. The molecule has 6 nitrogen and oxygen atoms in total. The topological polar surface area (TPSA) is 78.8 Å². The molecule has 0 saturated heterocycles. The molecule has 1 unspecified atom stereocenters. The summed E-state index contributed by atoms with van der Waals surface area (Å²) in [6, 6.07) is 7.38. The van der Waals surface area contributed by atoms with Crippen molar-refractivity contribution in [2.75, 3.05) is 26.7 Å². The van der Waals surface area contributed by atoms with Gasteiger partial charge in [-0.25, -0.2) is 4.98 Å². The standard InChI is InChI=1S/C19H28N4O2S.HI/c1-5-20-19(21-11-10-18-23-13(2)14(3)26-18)22-12-17(24)15-6-8-16(25-4)9-7-15;/h6-9,17,24H,5,10-12H2,1-4H3,(H2,20,21,22);1H. The number of aryl methyl sites for hydroxylation is 2. The van der Waals surface area contributed by atoms with Crippen LogP contribution in [0.3, 0.4) is 0 Å². The molecule has 0 saturated carbocycles. The van der Waals surface area contributed by atoms with E-state index in [1.54, 1.807) is 18.4 Å². The first-order chi connectivity index (χ1) is 12.5. The summed E-state index contributed by atoms with van der Waals surface area (Å²) >= 11 is 1.74. The molecule has 0 aliphatic heterocycles. The molecule has 1 aromatic heterocycles. The van der Waals surface area contributed by atoms with Gasteiger partial charge in [0, 0.05) is 24.4 Å². The summed E-state index contributed by atoms with van der Waals surface area (Å²) in [6.45, 7) is 7.95. The average molecular weight is 504 g/mol. The second-order valence-corrected chi connectivity index (χ2v) is 7.22. The second kappa shape index (κ2) is 12.1. The lowest BCUT2D eigenvalue weighted by atomic mass is 10.1. The van der Waals surface area contributed by atoms with E-state index in [0.717, 1.165) is 41.5 Å². The van der Waals surface area contributed by atoms with Crippen LogP contribution in [0.15, 0.2) is 29.3 Å². The van der Waals surface area contributed by atoms with Crippen molar-refractivity contribution in [3.63, 3.8) is 0 Å². The van der Waals surface area contributed by atoms with Crippen LogP contribution in [-0.4, -0.2) is 42.8 Å². The van der Waals surface area contributed by atoms with E-state index in [1.165, 1.54) is 4.88 Å². The van der Waals surface area contributed by atoms with Crippen LogP contribution in [0.25, 0.3) is 0 Å². The second-order valence-electron chi connectivity index (χ2n) is 5.93. The van der Waals surface area contributed by atoms with Gasteiger partial charge in [-0.3, -0.25) is 4.99 Å². The van der Waals surface area contributed by atoms with Gasteiger partial charge in [-0.05, 0) is 38.5 Å². The third-order valence-corrected chi connectivity index (χ3v) is 5.10. The zero-order chi connectivity index (χ0) is 18.9. The molecule has 0 bridgehead atoms. The van der Waals surface area contributed by atoms with E-state index >= 15 is 0 Å². The molecule has 0 radical (unpaired) electrons. The number of guanidine groups is 1. The summed E-state index contributed by atoms with van der Waals surface area (Å²) in [4.78, 5) is 10.3. The predicted octanol–water partition coefficient (Wildman–Crippen LogP) is 3.22. The molecular weight excluding hydrogens is 475 g/mol. The number of thiazole rings is 1. The van der Waals surface area contributed by atoms with Gasteiger partial charge in [0.1, 0.15) is 5.75 Å². The number of hydrogen-bond acceptors (Lipinski definition) is 5. The number of aliphatic imine (C=N–C) groups is 1. The maximum atomic E-state index is 10.3. The van der Waals surface area contributed by atoms with Gasteiger partial charge in [0.25, 0.3) is 0 Å². The van der Waals surface area contributed by atoms with Gasteiger partial charge in [0.05, 0.1) is 30.5 Å². The minimum atomic E-state index is -0.652. The van der Waals surface area contributed by atoms with E-state index in [1.807, 2.05) is 38.1 Å². The number of aliphatic hydroxyl groups is 1. The third kappa shape index (κ3) is 7.63.